The zero-order valence-corrected chi connectivity index (χ0v) is 12.0. The number of halogens is 1. The van der Waals surface area contributed by atoms with Gasteiger partial charge in [0.05, 0.1) is 6.61 Å². The Bertz CT molecular complexity index is 551. The van der Waals surface area contributed by atoms with Crippen LogP contribution in [0, 0.1) is 0 Å². The molecule has 0 radical (unpaired) electrons. The summed E-state index contributed by atoms with van der Waals surface area (Å²) in [7, 11) is 1.98. The number of hydrogen-bond acceptors (Lipinski definition) is 2. The van der Waals surface area contributed by atoms with Gasteiger partial charge in [0.2, 0.25) is 0 Å². The van der Waals surface area contributed by atoms with E-state index in [1.54, 1.807) is 6.07 Å². The van der Waals surface area contributed by atoms with Crippen LogP contribution >= 0.6 is 11.6 Å². The van der Waals surface area contributed by atoms with Crippen molar-refractivity contribution in [2.45, 2.75) is 20.0 Å². The molecule has 0 heterocycles. The van der Waals surface area contributed by atoms with Gasteiger partial charge >= 0.3 is 0 Å². The quantitative estimate of drug-likeness (QED) is 0.906. The van der Waals surface area contributed by atoms with Crippen molar-refractivity contribution in [3.05, 3.63) is 58.6 Å². The van der Waals surface area contributed by atoms with Gasteiger partial charge in [-0.05, 0) is 36.2 Å². The number of hydrogen-bond donors (Lipinski definition) is 1. The maximum atomic E-state index is 9.47. The molecular formula is C16H18ClNO. The highest BCUT2D eigenvalue weighted by Gasteiger charge is 2.11. The SMILES string of the molecule is CCc1ccc(N(C)c2cccc(Cl)c2CO)cc1. The Hall–Kier alpha value is -1.51. The molecule has 0 aliphatic heterocycles. The summed E-state index contributed by atoms with van der Waals surface area (Å²) in [6.07, 6.45) is 1.03. The average Bonchev–Trinajstić information content (AvgIpc) is 2.46. The van der Waals surface area contributed by atoms with Gasteiger partial charge in [0.25, 0.3) is 0 Å². The fourth-order valence-electron chi connectivity index (χ4n) is 2.11. The van der Waals surface area contributed by atoms with E-state index >= 15 is 0 Å². The lowest BCUT2D eigenvalue weighted by Gasteiger charge is -2.23. The van der Waals surface area contributed by atoms with Crippen LogP contribution in [-0.4, -0.2) is 12.2 Å². The van der Waals surface area contributed by atoms with E-state index in [1.807, 2.05) is 24.1 Å². The van der Waals surface area contributed by atoms with E-state index in [2.05, 4.69) is 31.2 Å². The van der Waals surface area contributed by atoms with Crippen LogP contribution in [0.2, 0.25) is 5.02 Å². The van der Waals surface area contributed by atoms with E-state index in [1.165, 1.54) is 5.56 Å². The Morgan fingerprint density at radius 3 is 2.37 bits per heavy atom. The average molecular weight is 276 g/mol. The van der Waals surface area contributed by atoms with Gasteiger partial charge in [-0.25, -0.2) is 0 Å². The van der Waals surface area contributed by atoms with Crippen LogP contribution in [0.1, 0.15) is 18.1 Å². The third-order valence-corrected chi connectivity index (χ3v) is 3.70. The van der Waals surface area contributed by atoms with Crippen molar-refractivity contribution in [2.75, 3.05) is 11.9 Å². The number of aryl methyl sites for hydroxylation is 1. The summed E-state index contributed by atoms with van der Waals surface area (Å²) in [6, 6.07) is 14.1. The van der Waals surface area contributed by atoms with Gasteiger partial charge in [0.15, 0.2) is 0 Å². The van der Waals surface area contributed by atoms with Crippen molar-refractivity contribution in [3.63, 3.8) is 0 Å². The first-order chi connectivity index (χ1) is 9.17. The fourth-order valence-corrected chi connectivity index (χ4v) is 2.34. The molecule has 19 heavy (non-hydrogen) atoms. The smallest absolute Gasteiger partial charge is 0.0716 e. The molecule has 1 N–H and O–H groups in total. The van der Waals surface area contributed by atoms with Crippen LogP contribution in [0.25, 0.3) is 0 Å². The Labute approximate surface area is 119 Å². The van der Waals surface area contributed by atoms with Gasteiger partial charge in [-0.3, -0.25) is 0 Å². The zero-order valence-electron chi connectivity index (χ0n) is 11.2. The van der Waals surface area contributed by atoms with E-state index in [0.29, 0.717) is 5.02 Å². The van der Waals surface area contributed by atoms with Gasteiger partial charge in [-0.2, -0.15) is 0 Å². The monoisotopic (exact) mass is 275 g/mol. The molecule has 0 aliphatic rings. The van der Waals surface area contributed by atoms with E-state index in [4.69, 9.17) is 11.6 Å². The van der Waals surface area contributed by atoms with Crippen LogP contribution in [0.3, 0.4) is 0 Å². The van der Waals surface area contributed by atoms with E-state index in [0.717, 1.165) is 23.4 Å². The Morgan fingerprint density at radius 2 is 1.79 bits per heavy atom. The highest BCUT2D eigenvalue weighted by Crippen LogP contribution is 2.31. The second-order valence-electron chi connectivity index (χ2n) is 4.47. The van der Waals surface area contributed by atoms with E-state index in [-0.39, 0.29) is 6.61 Å². The van der Waals surface area contributed by atoms with Crippen molar-refractivity contribution in [3.8, 4) is 0 Å². The molecule has 2 aromatic rings. The Kier molecular flexibility index (Phi) is 4.46. The number of benzene rings is 2. The highest BCUT2D eigenvalue weighted by atomic mass is 35.5. The Morgan fingerprint density at radius 1 is 1.11 bits per heavy atom. The largest absolute Gasteiger partial charge is 0.392 e. The van der Waals surface area contributed by atoms with Gasteiger partial charge in [0, 0.05) is 29.0 Å². The van der Waals surface area contributed by atoms with Crippen LogP contribution < -0.4 is 4.90 Å². The molecule has 2 aromatic carbocycles. The first-order valence-electron chi connectivity index (χ1n) is 6.38. The van der Waals surface area contributed by atoms with E-state index in [9.17, 15) is 5.11 Å². The second kappa shape index (κ2) is 6.09. The molecule has 0 spiro atoms. The third-order valence-electron chi connectivity index (χ3n) is 3.35. The molecule has 0 amide bonds. The lowest BCUT2D eigenvalue weighted by Crippen LogP contribution is -2.12. The molecule has 0 aromatic heterocycles. The van der Waals surface area contributed by atoms with E-state index < -0.39 is 0 Å². The van der Waals surface area contributed by atoms with Crippen LogP contribution in [0.5, 0.6) is 0 Å². The van der Waals surface area contributed by atoms with Gasteiger partial charge in [0.1, 0.15) is 0 Å². The third kappa shape index (κ3) is 2.91. The number of nitrogens with zero attached hydrogens (tertiary/aromatic N) is 1. The van der Waals surface area contributed by atoms with Gasteiger partial charge in [-0.1, -0.05) is 36.7 Å². The summed E-state index contributed by atoms with van der Waals surface area (Å²) in [4.78, 5) is 2.04. The van der Waals surface area contributed by atoms with Crippen molar-refractivity contribution in [1.29, 1.82) is 0 Å². The summed E-state index contributed by atoms with van der Waals surface area (Å²) in [5.74, 6) is 0. The molecule has 3 heteroatoms. The van der Waals surface area contributed by atoms with Crippen molar-refractivity contribution in [2.24, 2.45) is 0 Å². The molecule has 100 valence electrons. The lowest BCUT2D eigenvalue weighted by molar-refractivity contribution is 0.282. The Balaban J connectivity index is 2.37. The van der Waals surface area contributed by atoms with Crippen LogP contribution in [-0.2, 0) is 13.0 Å². The number of aliphatic hydroxyl groups excluding tert-OH is 1. The maximum Gasteiger partial charge on any atom is 0.0716 e. The lowest BCUT2D eigenvalue weighted by atomic mass is 10.1. The van der Waals surface area contributed by atoms with Crippen LogP contribution in [0.15, 0.2) is 42.5 Å². The maximum absolute atomic E-state index is 9.47. The predicted octanol–water partition coefficient (Wildman–Crippen LogP) is 4.16. The first kappa shape index (κ1) is 13.9. The molecule has 0 saturated carbocycles. The predicted molar refractivity (Wildman–Crippen MR) is 81.3 cm³/mol. The standard InChI is InChI=1S/C16H18ClNO/c1-3-12-7-9-13(10-8-12)18(2)16-6-4-5-15(17)14(16)11-19/h4-10,19H,3,11H2,1-2H3. The zero-order chi connectivity index (χ0) is 13.8. The van der Waals surface area contributed by atoms with Crippen molar-refractivity contribution >= 4 is 23.0 Å². The minimum atomic E-state index is -0.0631. The van der Waals surface area contributed by atoms with Gasteiger partial charge in [-0.15, -0.1) is 0 Å². The number of aliphatic hydroxyl groups is 1. The summed E-state index contributed by atoms with van der Waals surface area (Å²) in [6.45, 7) is 2.08. The topological polar surface area (TPSA) is 23.5 Å². The number of rotatable bonds is 4. The van der Waals surface area contributed by atoms with Crippen LogP contribution in [0.4, 0.5) is 11.4 Å². The summed E-state index contributed by atoms with van der Waals surface area (Å²) in [5, 5.41) is 10.1. The highest BCUT2D eigenvalue weighted by molar-refractivity contribution is 6.31. The molecule has 2 rings (SSSR count). The first-order valence-corrected chi connectivity index (χ1v) is 6.76. The molecule has 2 nitrogen and oxygen atoms in total. The van der Waals surface area contributed by atoms with Crippen molar-refractivity contribution < 1.29 is 5.11 Å². The second-order valence-corrected chi connectivity index (χ2v) is 4.88. The molecule has 0 unspecified atom stereocenters. The minimum absolute atomic E-state index is 0.0631. The molecule has 0 fully saturated rings. The summed E-state index contributed by atoms with van der Waals surface area (Å²) in [5.41, 5.74) is 4.07. The molecular weight excluding hydrogens is 258 g/mol. The van der Waals surface area contributed by atoms with Crippen molar-refractivity contribution in [1.82, 2.24) is 0 Å². The molecule has 0 saturated heterocycles. The van der Waals surface area contributed by atoms with Gasteiger partial charge < -0.3 is 10.0 Å². The summed E-state index contributed by atoms with van der Waals surface area (Å²) >= 11 is 6.12. The number of anilines is 2. The normalized spacial score (nSPS) is 10.5. The minimum Gasteiger partial charge on any atom is -0.392 e. The fraction of sp³-hybridized carbons (Fsp3) is 0.250. The molecule has 0 atom stereocenters. The molecule has 0 aliphatic carbocycles. The summed E-state index contributed by atoms with van der Waals surface area (Å²) < 4.78 is 0. The molecule has 0 bridgehead atoms.